The predicted molar refractivity (Wildman–Crippen MR) is 125 cm³/mol. The van der Waals surface area contributed by atoms with Crippen LogP contribution in [0.2, 0.25) is 0 Å². The Morgan fingerprint density at radius 1 is 1.21 bits per heavy atom. The van der Waals surface area contributed by atoms with Gasteiger partial charge in [0.05, 0.1) is 5.69 Å². The van der Waals surface area contributed by atoms with E-state index in [1.54, 1.807) is 19.3 Å². The molecule has 184 valence electrons. The molecule has 1 saturated heterocycles. The molecule has 1 unspecified atom stereocenters. The minimum atomic E-state index is -0.656. The van der Waals surface area contributed by atoms with Gasteiger partial charge >= 0.3 is 0 Å². The fraction of sp³-hybridized carbons (Fsp3) is 0.680. The van der Waals surface area contributed by atoms with E-state index in [4.69, 9.17) is 9.26 Å². The normalized spacial score (nSPS) is 22.0. The van der Waals surface area contributed by atoms with Crippen molar-refractivity contribution < 1.29 is 18.8 Å². The third-order valence-electron chi connectivity index (χ3n) is 8.29. The molecule has 3 aliphatic rings. The van der Waals surface area contributed by atoms with Gasteiger partial charge in [-0.2, -0.15) is 5.10 Å². The molecule has 2 aromatic rings. The number of anilines is 1. The van der Waals surface area contributed by atoms with Crippen molar-refractivity contribution in [1.29, 1.82) is 0 Å². The standard InChI is InChI=1S/C25H35N5O4/c1-15-20(17-8-13-33-14-9-17)29-34-24(15)28-23(32)21(27-22(31)18-7-12-26-30(18)3)19(16-5-4-6-16)25(2)10-11-25/h7,12,16-17,19,21H,4-6,8-11,13-14H2,1-3H3,(H,27,31)(H,28,32)/t19?,21-/m0/s1. The maximum Gasteiger partial charge on any atom is 0.270 e. The Morgan fingerprint density at radius 3 is 2.53 bits per heavy atom. The summed E-state index contributed by atoms with van der Waals surface area (Å²) in [5.41, 5.74) is 2.24. The molecule has 1 aliphatic heterocycles. The lowest BCUT2D eigenvalue weighted by Crippen LogP contribution is -2.54. The van der Waals surface area contributed by atoms with Crippen LogP contribution in [0.25, 0.3) is 0 Å². The highest BCUT2D eigenvalue weighted by Crippen LogP contribution is 2.58. The molecular formula is C25H35N5O4. The Bertz CT molecular complexity index is 1050. The van der Waals surface area contributed by atoms with E-state index in [9.17, 15) is 9.59 Å². The zero-order valence-electron chi connectivity index (χ0n) is 20.3. The first kappa shape index (κ1) is 23.1. The van der Waals surface area contributed by atoms with Gasteiger partial charge in [0.1, 0.15) is 11.7 Å². The summed E-state index contributed by atoms with van der Waals surface area (Å²) in [6, 6.07) is 1.01. The maximum atomic E-state index is 13.7. The van der Waals surface area contributed by atoms with Crippen molar-refractivity contribution in [3.8, 4) is 0 Å². The first-order valence-electron chi connectivity index (χ1n) is 12.5. The Hall–Kier alpha value is -2.68. The van der Waals surface area contributed by atoms with Gasteiger partial charge in [-0.1, -0.05) is 31.3 Å². The van der Waals surface area contributed by atoms with E-state index < -0.39 is 6.04 Å². The number of nitrogens with zero attached hydrogens (tertiary/aromatic N) is 3. The Balaban J connectivity index is 1.39. The number of hydrogen-bond donors (Lipinski definition) is 2. The number of amides is 2. The molecule has 0 bridgehead atoms. The van der Waals surface area contributed by atoms with Crippen LogP contribution in [-0.2, 0) is 16.6 Å². The third-order valence-corrected chi connectivity index (χ3v) is 8.29. The van der Waals surface area contributed by atoms with E-state index in [0.717, 1.165) is 49.8 Å². The average Bonchev–Trinajstić information content (AvgIpc) is 3.21. The van der Waals surface area contributed by atoms with Crippen molar-refractivity contribution in [1.82, 2.24) is 20.3 Å². The van der Waals surface area contributed by atoms with Gasteiger partial charge in [-0.3, -0.25) is 19.6 Å². The van der Waals surface area contributed by atoms with Gasteiger partial charge in [-0.05, 0) is 55.9 Å². The fourth-order valence-corrected chi connectivity index (χ4v) is 5.71. The smallest absolute Gasteiger partial charge is 0.270 e. The summed E-state index contributed by atoms with van der Waals surface area (Å²) >= 11 is 0. The quantitative estimate of drug-likeness (QED) is 0.611. The number of carbonyl (C=O) groups excluding carboxylic acids is 2. The van der Waals surface area contributed by atoms with Gasteiger partial charge < -0.3 is 14.6 Å². The second-order valence-corrected chi connectivity index (χ2v) is 10.6. The lowest BCUT2D eigenvalue weighted by atomic mass is 9.66. The maximum absolute atomic E-state index is 13.7. The molecule has 3 fully saturated rings. The Labute approximate surface area is 200 Å². The van der Waals surface area contributed by atoms with E-state index in [1.807, 2.05) is 6.92 Å². The number of hydrogen-bond acceptors (Lipinski definition) is 6. The summed E-state index contributed by atoms with van der Waals surface area (Å²) in [6.07, 6.45) is 8.91. The lowest BCUT2D eigenvalue weighted by Gasteiger charge is -2.42. The van der Waals surface area contributed by atoms with E-state index in [-0.39, 0.29) is 29.1 Å². The van der Waals surface area contributed by atoms with Crippen LogP contribution in [0.5, 0.6) is 0 Å². The highest BCUT2D eigenvalue weighted by molar-refractivity contribution is 6.00. The molecule has 34 heavy (non-hydrogen) atoms. The molecular weight excluding hydrogens is 434 g/mol. The second kappa shape index (κ2) is 9.17. The molecule has 0 spiro atoms. The van der Waals surface area contributed by atoms with Crippen molar-refractivity contribution in [3.63, 3.8) is 0 Å². The molecule has 2 aromatic heterocycles. The second-order valence-electron chi connectivity index (χ2n) is 10.6. The first-order valence-corrected chi connectivity index (χ1v) is 12.5. The molecule has 2 atom stereocenters. The van der Waals surface area contributed by atoms with E-state index in [1.165, 1.54) is 11.1 Å². The highest BCUT2D eigenvalue weighted by Gasteiger charge is 2.54. The summed E-state index contributed by atoms with van der Waals surface area (Å²) in [4.78, 5) is 26.9. The van der Waals surface area contributed by atoms with Crippen LogP contribution in [0, 0.1) is 24.2 Å². The van der Waals surface area contributed by atoms with Crippen molar-refractivity contribution in [2.75, 3.05) is 18.5 Å². The minimum Gasteiger partial charge on any atom is -0.381 e. The zero-order chi connectivity index (χ0) is 23.9. The molecule has 2 amide bonds. The van der Waals surface area contributed by atoms with Crippen LogP contribution in [0.15, 0.2) is 16.8 Å². The van der Waals surface area contributed by atoms with Crippen molar-refractivity contribution in [2.24, 2.45) is 24.3 Å². The molecule has 2 aliphatic carbocycles. The molecule has 5 rings (SSSR count). The zero-order valence-corrected chi connectivity index (χ0v) is 20.3. The number of nitrogens with one attached hydrogen (secondary N) is 2. The molecule has 9 nitrogen and oxygen atoms in total. The van der Waals surface area contributed by atoms with Crippen molar-refractivity contribution in [3.05, 3.63) is 29.2 Å². The first-order chi connectivity index (χ1) is 16.4. The number of carbonyl (C=O) groups is 2. The number of rotatable bonds is 8. The summed E-state index contributed by atoms with van der Waals surface area (Å²) in [5.74, 6) is 0.640. The summed E-state index contributed by atoms with van der Waals surface area (Å²) < 4.78 is 12.6. The van der Waals surface area contributed by atoms with Gasteiger partial charge in [0.2, 0.25) is 11.8 Å². The van der Waals surface area contributed by atoms with Crippen LogP contribution in [-0.4, -0.2) is 46.0 Å². The lowest BCUT2D eigenvalue weighted by molar-refractivity contribution is -0.121. The summed E-state index contributed by atoms with van der Waals surface area (Å²) in [7, 11) is 1.73. The molecule has 2 N–H and O–H groups in total. The Kier molecular flexibility index (Phi) is 6.22. The topological polar surface area (TPSA) is 111 Å². The van der Waals surface area contributed by atoms with Crippen LogP contribution in [0.1, 0.15) is 79.5 Å². The van der Waals surface area contributed by atoms with E-state index in [0.29, 0.717) is 30.7 Å². The predicted octanol–water partition coefficient (Wildman–Crippen LogP) is 3.56. The third kappa shape index (κ3) is 4.37. The number of aromatic nitrogens is 3. The monoisotopic (exact) mass is 469 g/mol. The highest BCUT2D eigenvalue weighted by atomic mass is 16.5. The van der Waals surface area contributed by atoms with Crippen LogP contribution >= 0.6 is 0 Å². The molecule has 3 heterocycles. The van der Waals surface area contributed by atoms with Gasteiger partial charge in [0.25, 0.3) is 5.91 Å². The van der Waals surface area contributed by atoms with Crippen LogP contribution in [0.3, 0.4) is 0 Å². The molecule has 0 aromatic carbocycles. The SMILES string of the molecule is Cc1c(C2CCOCC2)noc1NC(=O)[C@@H](NC(=O)c1ccnn1C)C(C1CCC1)C1(C)CC1. The van der Waals surface area contributed by atoms with Gasteiger partial charge in [-0.25, -0.2) is 0 Å². The van der Waals surface area contributed by atoms with Crippen LogP contribution in [0.4, 0.5) is 5.88 Å². The number of ether oxygens (including phenoxy) is 1. The average molecular weight is 470 g/mol. The number of aryl methyl sites for hydroxylation is 1. The van der Waals surface area contributed by atoms with Gasteiger partial charge in [0, 0.05) is 37.9 Å². The molecule has 2 saturated carbocycles. The summed E-state index contributed by atoms with van der Waals surface area (Å²) in [5, 5.41) is 14.5. The summed E-state index contributed by atoms with van der Waals surface area (Å²) in [6.45, 7) is 5.60. The largest absolute Gasteiger partial charge is 0.381 e. The minimum absolute atomic E-state index is 0.0660. The van der Waals surface area contributed by atoms with Crippen molar-refractivity contribution >= 4 is 17.7 Å². The molecule has 0 radical (unpaired) electrons. The van der Waals surface area contributed by atoms with Gasteiger partial charge in [-0.15, -0.1) is 0 Å². The Morgan fingerprint density at radius 2 is 1.94 bits per heavy atom. The van der Waals surface area contributed by atoms with Crippen molar-refractivity contribution in [2.45, 2.75) is 70.8 Å². The molecule has 9 heteroatoms. The van der Waals surface area contributed by atoms with Gasteiger partial charge in [0.15, 0.2) is 0 Å². The van der Waals surface area contributed by atoms with E-state index >= 15 is 0 Å². The van der Waals surface area contributed by atoms with Crippen LogP contribution < -0.4 is 10.6 Å². The fourth-order valence-electron chi connectivity index (χ4n) is 5.71. The van der Waals surface area contributed by atoms with E-state index in [2.05, 4.69) is 27.8 Å².